The average Bonchev–Trinajstić information content (AvgIpc) is 2.87. The van der Waals surface area contributed by atoms with Gasteiger partial charge in [-0.2, -0.15) is 5.10 Å². The van der Waals surface area contributed by atoms with Crippen LogP contribution in [0.25, 0.3) is 11.3 Å². The summed E-state index contributed by atoms with van der Waals surface area (Å²) in [5.74, 6) is 1.63. The zero-order valence-electron chi connectivity index (χ0n) is 15.8. The van der Waals surface area contributed by atoms with Crippen LogP contribution in [0.2, 0.25) is 0 Å². The van der Waals surface area contributed by atoms with Crippen molar-refractivity contribution in [1.29, 1.82) is 0 Å². The predicted molar refractivity (Wildman–Crippen MR) is 102 cm³/mol. The maximum absolute atomic E-state index is 5.82. The number of unbranched alkanes of at least 4 members (excludes halogenated alkanes) is 2. The molecule has 6 heteroatoms. The highest BCUT2D eigenvalue weighted by atomic mass is 16.5. The highest BCUT2D eigenvalue weighted by molar-refractivity contribution is 5.66. The Morgan fingerprint density at radius 2 is 2.00 bits per heavy atom. The minimum atomic E-state index is 0.691. The molecule has 0 spiro atoms. The lowest BCUT2D eigenvalue weighted by atomic mass is 10.1. The monoisotopic (exact) mass is 359 g/mol. The molecule has 0 unspecified atom stereocenters. The standard InChI is InChI=1S/C20H29N3O3/c1-23-15-17(14-21-9-4-3-5-10-24-2)20(22-23)16-7-8-18-19(13-16)26-12-6-11-25-18/h7-8,13,15,21H,3-6,9-12,14H2,1-2H3. The van der Waals surface area contributed by atoms with Gasteiger partial charge in [-0.15, -0.1) is 0 Å². The van der Waals surface area contributed by atoms with Crippen molar-refractivity contribution in [1.82, 2.24) is 15.1 Å². The summed E-state index contributed by atoms with van der Waals surface area (Å²) in [5, 5.41) is 8.18. The molecule has 3 rings (SSSR count). The Morgan fingerprint density at radius 1 is 1.15 bits per heavy atom. The number of rotatable bonds is 9. The van der Waals surface area contributed by atoms with Crippen LogP contribution in [0.15, 0.2) is 24.4 Å². The van der Waals surface area contributed by atoms with E-state index in [0.717, 1.165) is 61.7 Å². The van der Waals surface area contributed by atoms with Crippen molar-refractivity contribution >= 4 is 0 Å². The molecule has 142 valence electrons. The molecule has 1 aliphatic heterocycles. The molecule has 2 heterocycles. The van der Waals surface area contributed by atoms with Gasteiger partial charge in [0.25, 0.3) is 0 Å². The Bertz CT molecular complexity index is 700. The van der Waals surface area contributed by atoms with Crippen LogP contribution in [0.1, 0.15) is 31.2 Å². The summed E-state index contributed by atoms with van der Waals surface area (Å²) < 4.78 is 18.5. The van der Waals surface area contributed by atoms with E-state index in [-0.39, 0.29) is 0 Å². The predicted octanol–water partition coefficient (Wildman–Crippen LogP) is 3.15. The van der Waals surface area contributed by atoms with E-state index in [0.29, 0.717) is 13.2 Å². The van der Waals surface area contributed by atoms with Gasteiger partial charge in [0, 0.05) is 51.1 Å². The highest BCUT2D eigenvalue weighted by Gasteiger charge is 2.15. The summed E-state index contributed by atoms with van der Waals surface area (Å²) in [6.07, 6.45) is 6.45. The lowest BCUT2D eigenvalue weighted by molar-refractivity contribution is 0.192. The van der Waals surface area contributed by atoms with Crippen LogP contribution in [0, 0.1) is 0 Å². The molecule has 1 N–H and O–H groups in total. The molecule has 0 bridgehead atoms. The smallest absolute Gasteiger partial charge is 0.161 e. The number of hydrogen-bond acceptors (Lipinski definition) is 5. The summed E-state index contributed by atoms with van der Waals surface area (Å²) in [4.78, 5) is 0. The fourth-order valence-electron chi connectivity index (χ4n) is 3.12. The quantitative estimate of drug-likeness (QED) is 0.697. The summed E-state index contributed by atoms with van der Waals surface area (Å²) in [6, 6.07) is 6.08. The molecule has 2 aromatic rings. The van der Waals surface area contributed by atoms with Crippen LogP contribution >= 0.6 is 0 Å². The lowest BCUT2D eigenvalue weighted by Crippen LogP contribution is -2.15. The van der Waals surface area contributed by atoms with Gasteiger partial charge < -0.3 is 19.5 Å². The van der Waals surface area contributed by atoms with Gasteiger partial charge in [0.15, 0.2) is 11.5 Å². The van der Waals surface area contributed by atoms with Gasteiger partial charge >= 0.3 is 0 Å². The van der Waals surface area contributed by atoms with E-state index in [1.165, 1.54) is 12.0 Å². The van der Waals surface area contributed by atoms with E-state index in [4.69, 9.17) is 14.2 Å². The average molecular weight is 359 g/mol. The first-order valence-corrected chi connectivity index (χ1v) is 9.40. The molecule has 0 radical (unpaired) electrons. The van der Waals surface area contributed by atoms with E-state index in [9.17, 15) is 0 Å². The first-order valence-electron chi connectivity index (χ1n) is 9.40. The van der Waals surface area contributed by atoms with Crippen molar-refractivity contribution < 1.29 is 14.2 Å². The molecule has 0 atom stereocenters. The molecule has 1 aromatic carbocycles. The summed E-state index contributed by atoms with van der Waals surface area (Å²) in [5.41, 5.74) is 3.25. The summed E-state index contributed by atoms with van der Waals surface area (Å²) in [7, 11) is 3.71. The third-order valence-corrected chi connectivity index (χ3v) is 4.44. The van der Waals surface area contributed by atoms with Crippen molar-refractivity contribution in [2.75, 3.05) is 33.5 Å². The molecule has 0 aliphatic carbocycles. The zero-order valence-corrected chi connectivity index (χ0v) is 15.8. The highest BCUT2D eigenvalue weighted by Crippen LogP contribution is 2.34. The number of ether oxygens (including phenoxy) is 3. The Morgan fingerprint density at radius 3 is 2.85 bits per heavy atom. The van der Waals surface area contributed by atoms with Crippen LogP contribution in [0.5, 0.6) is 11.5 Å². The second-order valence-electron chi connectivity index (χ2n) is 6.62. The fourth-order valence-corrected chi connectivity index (χ4v) is 3.12. The van der Waals surface area contributed by atoms with Gasteiger partial charge in [0.05, 0.1) is 18.9 Å². The van der Waals surface area contributed by atoms with Crippen molar-refractivity contribution in [2.24, 2.45) is 7.05 Å². The molecule has 0 fully saturated rings. The van der Waals surface area contributed by atoms with E-state index in [1.807, 2.05) is 23.9 Å². The first-order chi connectivity index (χ1) is 12.8. The van der Waals surface area contributed by atoms with Crippen molar-refractivity contribution in [3.8, 4) is 22.8 Å². The molecule has 0 amide bonds. The van der Waals surface area contributed by atoms with E-state index < -0.39 is 0 Å². The summed E-state index contributed by atoms with van der Waals surface area (Å²) in [6.45, 7) is 4.05. The largest absolute Gasteiger partial charge is 0.490 e. The van der Waals surface area contributed by atoms with Crippen LogP contribution < -0.4 is 14.8 Å². The molecule has 0 saturated carbocycles. The number of methoxy groups -OCH3 is 1. The van der Waals surface area contributed by atoms with Gasteiger partial charge in [0.1, 0.15) is 0 Å². The maximum Gasteiger partial charge on any atom is 0.161 e. The fraction of sp³-hybridized carbons (Fsp3) is 0.550. The SMILES string of the molecule is COCCCCCNCc1cn(C)nc1-c1ccc2c(c1)OCCCO2. The minimum Gasteiger partial charge on any atom is -0.490 e. The van der Waals surface area contributed by atoms with Gasteiger partial charge in [-0.25, -0.2) is 0 Å². The van der Waals surface area contributed by atoms with Gasteiger partial charge in [-0.1, -0.05) is 0 Å². The molecular formula is C20H29N3O3. The lowest BCUT2D eigenvalue weighted by Gasteiger charge is -2.10. The van der Waals surface area contributed by atoms with Crippen molar-refractivity contribution in [3.63, 3.8) is 0 Å². The zero-order chi connectivity index (χ0) is 18.2. The van der Waals surface area contributed by atoms with Gasteiger partial charge in [-0.3, -0.25) is 4.68 Å². The normalized spacial score (nSPS) is 13.6. The molecule has 1 aliphatic rings. The van der Waals surface area contributed by atoms with E-state index in [1.54, 1.807) is 7.11 Å². The topological polar surface area (TPSA) is 57.5 Å². The molecule has 26 heavy (non-hydrogen) atoms. The van der Waals surface area contributed by atoms with Crippen molar-refractivity contribution in [2.45, 2.75) is 32.2 Å². The number of nitrogens with zero attached hydrogens (tertiary/aromatic N) is 2. The molecule has 0 saturated heterocycles. The summed E-state index contributed by atoms with van der Waals surface area (Å²) >= 11 is 0. The van der Waals surface area contributed by atoms with Crippen LogP contribution in [-0.4, -0.2) is 43.3 Å². The van der Waals surface area contributed by atoms with E-state index >= 15 is 0 Å². The number of aryl methyl sites for hydroxylation is 1. The number of hydrogen-bond donors (Lipinski definition) is 1. The Balaban J connectivity index is 1.63. The maximum atomic E-state index is 5.82. The van der Waals surface area contributed by atoms with Crippen LogP contribution in [0.4, 0.5) is 0 Å². The minimum absolute atomic E-state index is 0.691. The third-order valence-electron chi connectivity index (χ3n) is 4.44. The third kappa shape index (κ3) is 4.99. The first kappa shape index (κ1) is 18.7. The Kier molecular flexibility index (Phi) is 6.91. The Labute approximate surface area is 155 Å². The van der Waals surface area contributed by atoms with E-state index in [2.05, 4.69) is 22.7 Å². The van der Waals surface area contributed by atoms with Crippen LogP contribution in [-0.2, 0) is 18.3 Å². The van der Waals surface area contributed by atoms with Gasteiger partial charge in [-0.05, 0) is 44.0 Å². The van der Waals surface area contributed by atoms with Gasteiger partial charge in [0.2, 0.25) is 0 Å². The van der Waals surface area contributed by atoms with Crippen LogP contribution in [0.3, 0.4) is 0 Å². The second-order valence-corrected chi connectivity index (χ2v) is 6.62. The molecule has 1 aromatic heterocycles. The number of aromatic nitrogens is 2. The number of benzene rings is 1. The Hall–Kier alpha value is -2.05. The van der Waals surface area contributed by atoms with Crippen molar-refractivity contribution in [3.05, 3.63) is 30.0 Å². The number of nitrogens with one attached hydrogen (secondary N) is 1. The molecular weight excluding hydrogens is 330 g/mol. The molecule has 6 nitrogen and oxygen atoms in total. The number of fused-ring (bicyclic) bond motifs is 1. The second kappa shape index (κ2) is 9.59.